The van der Waals surface area contributed by atoms with E-state index in [0.717, 1.165) is 0 Å². The molecule has 12 nitrogen and oxygen atoms in total. The Kier molecular flexibility index (Phi) is 12.8. The van der Waals surface area contributed by atoms with Gasteiger partial charge in [0.25, 0.3) is 0 Å². The number of amides is 4. The standard InChI is InChI=1S/C18H33N5O7S/c1-4-8(2)13(22-15(26)10(19)7-31)17(28)21-11(5-6-12(20)25)16(27)23-14(9(3)24)18(29)30/h8-11,13-14,24,31H,4-7,19H2,1-3H3,(H2,20,25)(H,21,28)(H,22,26)(H,23,27)(H,29,30). The van der Waals surface area contributed by atoms with Crippen molar-refractivity contribution in [3.8, 4) is 0 Å². The van der Waals surface area contributed by atoms with Crippen LogP contribution in [-0.4, -0.2) is 75.8 Å². The van der Waals surface area contributed by atoms with Crippen LogP contribution in [0.1, 0.15) is 40.0 Å². The third-order valence-electron chi connectivity index (χ3n) is 4.69. The summed E-state index contributed by atoms with van der Waals surface area (Å²) < 4.78 is 0. The molecular weight excluding hydrogens is 430 g/mol. The Hall–Kier alpha value is -2.38. The maximum absolute atomic E-state index is 12.9. The number of hydrogen-bond donors (Lipinski definition) is 8. The van der Waals surface area contributed by atoms with Crippen molar-refractivity contribution in [2.45, 2.75) is 70.3 Å². The lowest BCUT2D eigenvalue weighted by molar-refractivity contribution is -0.145. The molecule has 0 aliphatic heterocycles. The minimum absolute atomic E-state index is 0.0558. The highest BCUT2D eigenvalue weighted by Crippen LogP contribution is 2.10. The van der Waals surface area contributed by atoms with Crippen molar-refractivity contribution in [3.63, 3.8) is 0 Å². The third kappa shape index (κ3) is 9.98. The number of carboxylic acids is 1. The number of aliphatic hydroxyl groups excluding tert-OH is 1. The highest BCUT2D eigenvalue weighted by Gasteiger charge is 2.33. The van der Waals surface area contributed by atoms with Gasteiger partial charge in [0, 0.05) is 12.2 Å². The lowest BCUT2D eigenvalue weighted by Crippen LogP contribution is -2.59. The molecular formula is C18H33N5O7S. The predicted octanol–water partition coefficient (Wildman–Crippen LogP) is -2.53. The molecule has 0 aromatic heterocycles. The highest BCUT2D eigenvalue weighted by atomic mass is 32.1. The number of carbonyl (C=O) groups is 5. The lowest BCUT2D eigenvalue weighted by Gasteiger charge is -2.28. The second kappa shape index (κ2) is 13.8. The van der Waals surface area contributed by atoms with E-state index in [4.69, 9.17) is 16.6 Å². The maximum atomic E-state index is 12.9. The zero-order chi connectivity index (χ0) is 24.3. The summed E-state index contributed by atoms with van der Waals surface area (Å²) in [5.41, 5.74) is 10.8. The van der Waals surface area contributed by atoms with Crippen LogP contribution >= 0.6 is 12.6 Å². The zero-order valence-electron chi connectivity index (χ0n) is 17.8. The Morgan fingerprint density at radius 3 is 1.94 bits per heavy atom. The van der Waals surface area contributed by atoms with Crippen molar-refractivity contribution in [3.05, 3.63) is 0 Å². The molecule has 0 rings (SSSR count). The topological polar surface area (TPSA) is 214 Å². The zero-order valence-corrected chi connectivity index (χ0v) is 18.7. The molecule has 9 N–H and O–H groups in total. The van der Waals surface area contributed by atoms with E-state index >= 15 is 0 Å². The van der Waals surface area contributed by atoms with Gasteiger partial charge in [-0.15, -0.1) is 0 Å². The summed E-state index contributed by atoms with van der Waals surface area (Å²) in [4.78, 5) is 60.0. The molecule has 0 radical (unpaired) electrons. The van der Waals surface area contributed by atoms with Gasteiger partial charge in [0.1, 0.15) is 12.1 Å². The number of rotatable bonds is 14. The average Bonchev–Trinajstić information content (AvgIpc) is 2.70. The van der Waals surface area contributed by atoms with E-state index in [9.17, 15) is 29.1 Å². The lowest BCUT2D eigenvalue weighted by atomic mass is 9.97. The fraction of sp³-hybridized carbons (Fsp3) is 0.722. The quantitative estimate of drug-likeness (QED) is 0.128. The fourth-order valence-corrected chi connectivity index (χ4v) is 2.67. The normalized spacial score (nSPS) is 16.7. The summed E-state index contributed by atoms with van der Waals surface area (Å²) in [6.45, 7) is 4.69. The van der Waals surface area contributed by atoms with Crippen molar-refractivity contribution in [1.29, 1.82) is 0 Å². The molecule has 178 valence electrons. The summed E-state index contributed by atoms with van der Waals surface area (Å²) in [5, 5.41) is 25.8. The number of primary amides is 1. The van der Waals surface area contributed by atoms with E-state index in [1.165, 1.54) is 6.92 Å². The smallest absolute Gasteiger partial charge is 0.328 e. The molecule has 4 amide bonds. The molecule has 6 atom stereocenters. The largest absolute Gasteiger partial charge is 0.480 e. The second-order valence-corrected chi connectivity index (χ2v) is 7.66. The summed E-state index contributed by atoms with van der Waals surface area (Å²) >= 11 is 3.95. The van der Waals surface area contributed by atoms with E-state index in [1.54, 1.807) is 13.8 Å². The maximum Gasteiger partial charge on any atom is 0.328 e. The number of hydrogen-bond acceptors (Lipinski definition) is 8. The number of carbonyl (C=O) groups excluding carboxylic acids is 4. The first-order chi connectivity index (χ1) is 14.3. The molecule has 0 aromatic carbocycles. The van der Waals surface area contributed by atoms with Crippen molar-refractivity contribution < 1.29 is 34.2 Å². The van der Waals surface area contributed by atoms with Crippen LogP contribution in [0.3, 0.4) is 0 Å². The molecule has 31 heavy (non-hydrogen) atoms. The monoisotopic (exact) mass is 463 g/mol. The molecule has 0 saturated carbocycles. The fourth-order valence-electron chi connectivity index (χ4n) is 2.50. The van der Waals surface area contributed by atoms with Gasteiger partial charge in [0.2, 0.25) is 23.6 Å². The summed E-state index contributed by atoms with van der Waals surface area (Å²) in [6.07, 6.45) is -1.38. The van der Waals surface area contributed by atoms with Crippen molar-refractivity contribution in [2.24, 2.45) is 17.4 Å². The summed E-state index contributed by atoms with van der Waals surface area (Å²) in [6, 6.07) is -4.94. The number of nitrogens with one attached hydrogen (secondary N) is 3. The molecule has 0 aliphatic carbocycles. The molecule has 0 spiro atoms. The molecule has 0 aliphatic rings. The summed E-state index contributed by atoms with van der Waals surface area (Å²) in [7, 11) is 0. The first-order valence-electron chi connectivity index (χ1n) is 9.82. The van der Waals surface area contributed by atoms with Gasteiger partial charge in [-0.2, -0.15) is 12.6 Å². The van der Waals surface area contributed by atoms with Crippen molar-refractivity contribution in [2.75, 3.05) is 5.75 Å². The molecule has 6 unspecified atom stereocenters. The van der Waals surface area contributed by atoms with Crippen LogP contribution < -0.4 is 27.4 Å². The van der Waals surface area contributed by atoms with E-state index < -0.39 is 59.9 Å². The molecule has 0 saturated heterocycles. The van der Waals surface area contributed by atoms with Gasteiger partial charge in [-0.1, -0.05) is 20.3 Å². The van der Waals surface area contributed by atoms with Crippen LogP contribution in [0.4, 0.5) is 0 Å². The Balaban J connectivity index is 5.58. The van der Waals surface area contributed by atoms with Crippen LogP contribution in [-0.2, 0) is 24.0 Å². The Morgan fingerprint density at radius 1 is 0.968 bits per heavy atom. The van der Waals surface area contributed by atoms with Crippen molar-refractivity contribution >= 4 is 42.2 Å². The van der Waals surface area contributed by atoms with E-state index in [1.807, 2.05) is 0 Å². The SMILES string of the molecule is CCC(C)C(NC(=O)C(N)CS)C(=O)NC(CCC(N)=O)C(=O)NC(C(=O)O)C(C)O. The van der Waals surface area contributed by atoms with Crippen LogP contribution in [0, 0.1) is 5.92 Å². The first kappa shape index (κ1) is 28.6. The Morgan fingerprint density at radius 2 is 1.52 bits per heavy atom. The summed E-state index contributed by atoms with van der Waals surface area (Å²) in [5.74, 6) is -4.74. The minimum atomic E-state index is -1.63. The van der Waals surface area contributed by atoms with Crippen LogP contribution in [0.15, 0.2) is 0 Å². The molecule has 0 bridgehead atoms. The van der Waals surface area contributed by atoms with Crippen LogP contribution in [0.5, 0.6) is 0 Å². The number of aliphatic hydroxyl groups is 1. The Bertz CT molecular complexity index is 661. The van der Waals surface area contributed by atoms with Gasteiger partial charge in [0.05, 0.1) is 12.1 Å². The number of carboxylic acid groups (broad SMARTS) is 1. The first-order valence-corrected chi connectivity index (χ1v) is 10.5. The van der Waals surface area contributed by atoms with Gasteiger partial charge in [0.15, 0.2) is 6.04 Å². The van der Waals surface area contributed by atoms with Crippen LogP contribution in [0.25, 0.3) is 0 Å². The van der Waals surface area contributed by atoms with E-state index in [0.29, 0.717) is 6.42 Å². The molecule has 0 heterocycles. The van der Waals surface area contributed by atoms with Gasteiger partial charge >= 0.3 is 5.97 Å². The van der Waals surface area contributed by atoms with Gasteiger partial charge < -0.3 is 37.6 Å². The average molecular weight is 464 g/mol. The highest BCUT2D eigenvalue weighted by molar-refractivity contribution is 7.80. The van der Waals surface area contributed by atoms with Gasteiger partial charge in [-0.25, -0.2) is 4.79 Å². The second-order valence-electron chi connectivity index (χ2n) is 7.29. The van der Waals surface area contributed by atoms with E-state index in [2.05, 4.69) is 28.6 Å². The van der Waals surface area contributed by atoms with Gasteiger partial charge in [-0.3, -0.25) is 19.2 Å². The predicted molar refractivity (Wildman–Crippen MR) is 115 cm³/mol. The Labute approximate surface area is 186 Å². The van der Waals surface area contributed by atoms with Crippen molar-refractivity contribution in [1.82, 2.24) is 16.0 Å². The minimum Gasteiger partial charge on any atom is -0.480 e. The number of nitrogens with two attached hydrogens (primary N) is 2. The number of thiol groups is 1. The van der Waals surface area contributed by atoms with E-state index in [-0.39, 0.29) is 24.5 Å². The van der Waals surface area contributed by atoms with Gasteiger partial charge in [-0.05, 0) is 19.3 Å². The molecule has 0 fully saturated rings. The molecule has 13 heteroatoms. The van der Waals surface area contributed by atoms with Crippen LogP contribution in [0.2, 0.25) is 0 Å². The molecule has 0 aromatic rings. The number of aliphatic carboxylic acids is 1. The third-order valence-corrected chi connectivity index (χ3v) is 5.08.